The van der Waals surface area contributed by atoms with Crippen LogP contribution in [0.1, 0.15) is 33.6 Å². The molecule has 0 saturated carbocycles. The van der Waals surface area contributed by atoms with Gasteiger partial charge in [-0.05, 0) is 52.2 Å². The van der Waals surface area contributed by atoms with E-state index in [1.807, 2.05) is 11.8 Å². The fourth-order valence-corrected chi connectivity index (χ4v) is 3.48. The van der Waals surface area contributed by atoms with Crippen molar-refractivity contribution in [1.29, 1.82) is 0 Å². The van der Waals surface area contributed by atoms with Crippen LogP contribution in [0.25, 0.3) is 0 Å². The SMILES string of the molecule is CCN1CCC(CN=C2NC(C)(C)CS2)CC1. The number of nitrogens with one attached hydrogen (secondary N) is 1. The number of likely N-dealkylation sites (tertiary alicyclic amines) is 1. The average molecular weight is 255 g/mol. The molecule has 2 aliphatic heterocycles. The molecule has 17 heavy (non-hydrogen) atoms. The molecule has 0 aliphatic carbocycles. The predicted octanol–water partition coefficient (Wildman–Crippen LogP) is 2.19. The van der Waals surface area contributed by atoms with Crippen molar-refractivity contribution in [3.05, 3.63) is 0 Å². The quantitative estimate of drug-likeness (QED) is 0.838. The maximum Gasteiger partial charge on any atom is 0.157 e. The molecule has 4 heteroatoms. The minimum Gasteiger partial charge on any atom is -0.359 e. The summed E-state index contributed by atoms with van der Waals surface area (Å²) in [4.78, 5) is 7.28. The number of rotatable bonds is 3. The van der Waals surface area contributed by atoms with Crippen LogP contribution in [0.3, 0.4) is 0 Å². The van der Waals surface area contributed by atoms with Crippen LogP contribution in [0.4, 0.5) is 0 Å². The molecule has 0 bridgehead atoms. The fraction of sp³-hybridized carbons (Fsp3) is 0.923. The van der Waals surface area contributed by atoms with Crippen LogP contribution >= 0.6 is 11.8 Å². The van der Waals surface area contributed by atoms with E-state index < -0.39 is 0 Å². The summed E-state index contributed by atoms with van der Waals surface area (Å²) in [5, 5.41) is 4.65. The molecule has 0 atom stereocenters. The second-order valence-corrected chi connectivity index (χ2v) is 6.79. The first-order valence-electron chi connectivity index (χ1n) is 6.77. The molecule has 0 aromatic heterocycles. The van der Waals surface area contributed by atoms with Crippen LogP contribution in [0.2, 0.25) is 0 Å². The normalized spacial score (nSPS) is 28.5. The monoisotopic (exact) mass is 255 g/mol. The highest BCUT2D eigenvalue weighted by Crippen LogP contribution is 2.23. The van der Waals surface area contributed by atoms with Crippen LogP contribution in [0, 0.1) is 5.92 Å². The summed E-state index contributed by atoms with van der Waals surface area (Å²) < 4.78 is 0. The van der Waals surface area contributed by atoms with Crippen molar-refractivity contribution in [2.45, 2.75) is 39.2 Å². The second-order valence-electron chi connectivity index (χ2n) is 5.82. The van der Waals surface area contributed by atoms with Gasteiger partial charge in [-0.3, -0.25) is 4.99 Å². The Labute approximate surface area is 109 Å². The van der Waals surface area contributed by atoms with Gasteiger partial charge < -0.3 is 10.2 Å². The van der Waals surface area contributed by atoms with Crippen molar-refractivity contribution in [1.82, 2.24) is 10.2 Å². The number of aliphatic imine (C=N–C) groups is 1. The predicted molar refractivity (Wildman–Crippen MR) is 76.8 cm³/mol. The van der Waals surface area contributed by atoms with E-state index in [2.05, 4.69) is 31.0 Å². The smallest absolute Gasteiger partial charge is 0.157 e. The van der Waals surface area contributed by atoms with Crippen molar-refractivity contribution < 1.29 is 0 Å². The zero-order valence-electron chi connectivity index (χ0n) is 11.3. The first-order valence-corrected chi connectivity index (χ1v) is 7.75. The zero-order chi connectivity index (χ0) is 12.3. The Morgan fingerprint density at radius 2 is 2.12 bits per heavy atom. The van der Waals surface area contributed by atoms with Crippen LogP contribution < -0.4 is 5.32 Å². The molecule has 0 unspecified atom stereocenters. The van der Waals surface area contributed by atoms with E-state index >= 15 is 0 Å². The first-order chi connectivity index (χ1) is 8.09. The topological polar surface area (TPSA) is 27.6 Å². The van der Waals surface area contributed by atoms with Gasteiger partial charge in [0.2, 0.25) is 0 Å². The number of piperidine rings is 1. The second kappa shape index (κ2) is 5.61. The van der Waals surface area contributed by atoms with Crippen LogP contribution in [0.5, 0.6) is 0 Å². The molecule has 0 aromatic carbocycles. The number of hydrogen-bond acceptors (Lipinski definition) is 3. The largest absolute Gasteiger partial charge is 0.359 e. The highest BCUT2D eigenvalue weighted by Gasteiger charge is 2.27. The lowest BCUT2D eigenvalue weighted by atomic mass is 9.97. The third-order valence-electron chi connectivity index (χ3n) is 3.66. The lowest BCUT2D eigenvalue weighted by Crippen LogP contribution is -2.37. The Hall–Kier alpha value is -0.220. The fourth-order valence-electron chi connectivity index (χ4n) is 2.39. The van der Waals surface area contributed by atoms with Gasteiger partial charge in [-0.15, -0.1) is 0 Å². The Bertz CT molecular complexity index is 280. The van der Waals surface area contributed by atoms with Crippen molar-refractivity contribution in [3.63, 3.8) is 0 Å². The third-order valence-corrected chi connectivity index (χ3v) is 5.03. The van der Waals surface area contributed by atoms with Crippen LogP contribution in [0.15, 0.2) is 4.99 Å². The van der Waals surface area contributed by atoms with Crippen molar-refractivity contribution in [3.8, 4) is 0 Å². The molecular formula is C13H25N3S. The van der Waals surface area contributed by atoms with Gasteiger partial charge in [-0.1, -0.05) is 18.7 Å². The Balaban J connectivity index is 1.74. The van der Waals surface area contributed by atoms with E-state index in [-0.39, 0.29) is 5.54 Å². The summed E-state index contributed by atoms with van der Waals surface area (Å²) in [7, 11) is 0. The van der Waals surface area contributed by atoms with Crippen molar-refractivity contribution >= 4 is 16.9 Å². The molecule has 0 radical (unpaired) electrons. The van der Waals surface area contributed by atoms with Crippen LogP contribution in [-0.4, -0.2) is 47.5 Å². The lowest BCUT2D eigenvalue weighted by Gasteiger charge is -2.30. The number of nitrogens with zero attached hydrogens (tertiary/aromatic N) is 2. The Kier molecular flexibility index (Phi) is 4.36. The van der Waals surface area contributed by atoms with Crippen molar-refractivity contribution in [2.75, 3.05) is 31.9 Å². The van der Waals surface area contributed by atoms with Gasteiger partial charge in [0.15, 0.2) is 5.17 Å². The molecule has 2 heterocycles. The minimum absolute atomic E-state index is 0.231. The molecule has 0 amide bonds. The molecule has 2 fully saturated rings. The maximum absolute atomic E-state index is 4.74. The summed E-state index contributed by atoms with van der Waals surface area (Å²) in [5.41, 5.74) is 0.231. The van der Waals surface area contributed by atoms with Gasteiger partial charge in [-0.2, -0.15) is 0 Å². The van der Waals surface area contributed by atoms with E-state index in [4.69, 9.17) is 4.99 Å². The molecule has 98 valence electrons. The van der Waals surface area contributed by atoms with Gasteiger partial charge in [0, 0.05) is 17.8 Å². The van der Waals surface area contributed by atoms with Crippen molar-refractivity contribution in [2.24, 2.45) is 10.9 Å². The zero-order valence-corrected chi connectivity index (χ0v) is 12.1. The summed E-state index contributed by atoms with van der Waals surface area (Å²) in [6.45, 7) is 11.5. The van der Waals surface area contributed by atoms with E-state index in [1.54, 1.807) is 0 Å². The summed E-state index contributed by atoms with van der Waals surface area (Å²) in [5.74, 6) is 1.94. The molecule has 1 N–H and O–H groups in total. The third kappa shape index (κ3) is 3.88. The van der Waals surface area contributed by atoms with Gasteiger partial charge >= 0.3 is 0 Å². The Morgan fingerprint density at radius 1 is 1.41 bits per heavy atom. The number of thioether (sulfide) groups is 1. The lowest BCUT2D eigenvalue weighted by molar-refractivity contribution is 0.196. The Morgan fingerprint density at radius 3 is 2.65 bits per heavy atom. The van der Waals surface area contributed by atoms with E-state index in [0.29, 0.717) is 0 Å². The molecular weight excluding hydrogens is 230 g/mol. The molecule has 2 saturated heterocycles. The molecule has 2 aliphatic rings. The first kappa shape index (κ1) is 13.2. The van der Waals surface area contributed by atoms with Gasteiger partial charge in [0.25, 0.3) is 0 Å². The highest BCUT2D eigenvalue weighted by molar-refractivity contribution is 8.14. The van der Waals surface area contributed by atoms with E-state index in [1.165, 1.54) is 32.5 Å². The average Bonchev–Trinajstić information content (AvgIpc) is 2.67. The minimum atomic E-state index is 0.231. The van der Waals surface area contributed by atoms with E-state index in [9.17, 15) is 0 Å². The molecule has 0 aromatic rings. The summed E-state index contributed by atoms with van der Waals surface area (Å²) >= 11 is 1.87. The molecule has 3 nitrogen and oxygen atoms in total. The van der Waals surface area contributed by atoms with Gasteiger partial charge in [0.05, 0.1) is 0 Å². The van der Waals surface area contributed by atoms with Gasteiger partial charge in [0.1, 0.15) is 0 Å². The molecule has 2 rings (SSSR count). The number of hydrogen-bond donors (Lipinski definition) is 1. The number of amidine groups is 1. The highest BCUT2D eigenvalue weighted by atomic mass is 32.2. The maximum atomic E-state index is 4.74. The van der Waals surface area contributed by atoms with Crippen LogP contribution in [-0.2, 0) is 0 Å². The standard InChI is InChI=1S/C13H25N3S/c1-4-16-7-5-11(6-8-16)9-14-12-15-13(2,3)10-17-12/h11H,4-10H2,1-3H3,(H,14,15). The van der Waals surface area contributed by atoms with Gasteiger partial charge in [-0.25, -0.2) is 0 Å². The molecule has 0 spiro atoms. The van der Waals surface area contributed by atoms with E-state index in [0.717, 1.165) is 23.4 Å². The summed E-state index contributed by atoms with van der Waals surface area (Å²) in [6, 6.07) is 0. The summed E-state index contributed by atoms with van der Waals surface area (Å²) in [6.07, 6.45) is 2.64.